The van der Waals surface area contributed by atoms with E-state index in [1.165, 1.54) is 0 Å². The van der Waals surface area contributed by atoms with E-state index < -0.39 is 11.3 Å². The van der Waals surface area contributed by atoms with Gasteiger partial charge < -0.3 is 4.90 Å². The van der Waals surface area contributed by atoms with Crippen molar-refractivity contribution < 1.29 is 14.4 Å². The average molecular weight is 408 g/mol. The van der Waals surface area contributed by atoms with Gasteiger partial charge in [-0.1, -0.05) is 26.7 Å². The zero-order chi connectivity index (χ0) is 22.3. The third-order valence-electron chi connectivity index (χ3n) is 6.65. The summed E-state index contributed by atoms with van der Waals surface area (Å²) in [5, 5.41) is 0. The molecule has 1 heterocycles. The molecule has 1 spiro atoms. The molecule has 1 saturated heterocycles. The fraction of sp³-hybridized carbons (Fsp3) is 0.577. The van der Waals surface area contributed by atoms with Crippen LogP contribution in [0.4, 0.5) is 0 Å². The van der Waals surface area contributed by atoms with Crippen LogP contribution in [0.5, 0.6) is 0 Å². The maximum absolute atomic E-state index is 13.2. The van der Waals surface area contributed by atoms with Gasteiger partial charge in [0.05, 0.1) is 0 Å². The van der Waals surface area contributed by atoms with Gasteiger partial charge >= 0.3 is 0 Å². The van der Waals surface area contributed by atoms with Gasteiger partial charge in [-0.2, -0.15) is 0 Å². The molecule has 2 fully saturated rings. The van der Waals surface area contributed by atoms with E-state index in [1.54, 1.807) is 6.92 Å². The first kappa shape index (κ1) is 22.3. The van der Waals surface area contributed by atoms with Crippen LogP contribution in [0.3, 0.4) is 0 Å². The second-order valence-electron chi connectivity index (χ2n) is 10.2. The molecule has 0 unspecified atom stereocenters. The van der Waals surface area contributed by atoms with E-state index in [2.05, 4.69) is 11.8 Å². The van der Waals surface area contributed by atoms with Gasteiger partial charge in [0, 0.05) is 36.9 Å². The lowest BCUT2D eigenvalue weighted by atomic mass is 9.62. The second-order valence-corrected chi connectivity index (χ2v) is 10.2. The molecule has 30 heavy (non-hydrogen) atoms. The van der Waals surface area contributed by atoms with E-state index in [-0.39, 0.29) is 22.9 Å². The van der Waals surface area contributed by atoms with Crippen LogP contribution in [-0.4, -0.2) is 35.5 Å². The van der Waals surface area contributed by atoms with E-state index in [1.807, 2.05) is 51.7 Å². The maximum atomic E-state index is 13.2. The number of carbonyl (C=O) groups excluding carboxylic acids is 3. The van der Waals surface area contributed by atoms with Gasteiger partial charge in [-0.3, -0.25) is 14.4 Å². The predicted molar refractivity (Wildman–Crippen MR) is 118 cm³/mol. The molecule has 3 rings (SSSR count). The molecule has 1 amide bonds. The van der Waals surface area contributed by atoms with Crippen molar-refractivity contribution in [2.75, 3.05) is 13.1 Å². The third kappa shape index (κ3) is 4.21. The fourth-order valence-electron chi connectivity index (χ4n) is 5.17. The molecule has 0 N–H and O–H groups in total. The van der Waals surface area contributed by atoms with Gasteiger partial charge in [-0.15, -0.1) is 5.92 Å². The second kappa shape index (κ2) is 8.02. The highest BCUT2D eigenvalue weighted by molar-refractivity contribution is 6.10. The molecular formula is C26H33NO3. The Hall–Kier alpha value is -2.41. The largest absolute Gasteiger partial charge is 0.342 e. The Bertz CT molecular complexity index is 904. The average Bonchev–Trinajstić information content (AvgIpc) is 2.63. The summed E-state index contributed by atoms with van der Waals surface area (Å²) in [7, 11) is 0. The summed E-state index contributed by atoms with van der Waals surface area (Å²) in [6.07, 6.45) is 2.30. The summed E-state index contributed by atoms with van der Waals surface area (Å²) < 4.78 is 0. The summed E-state index contributed by atoms with van der Waals surface area (Å²) in [5.41, 5.74) is 3.01. The predicted octanol–water partition coefficient (Wildman–Crippen LogP) is 4.35. The van der Waals surface area contributed by atoms with Gasteiger partial charge in [-0.25, -0.2) is 0 Å². The summed E-state index contributed by atoms with van der Waals surface area (Å²) >= 11 is 0. The highest BCUT2D eigenvalue weighted by Gasteiger charge is 2.48. The first-order valence-corrected chi connectivity index (χ1v) is 10.9. The quantitative estimate of drug-likeness (QED) is 0.514. The molecule has 4 nitrogen and oxygen atoms in total. The first-order valence-electron chi connectivity index (χ1n) is 10.9. The van der Waals surface area contributed by atoms with E-state index in [9.17, 15) is 14.4 Å². The van der Waals surface area contributed by atoms with Crippen molar-refractivity contribution in [1.82, 2.24) is 4.90 Å². The van der Waals surface area contributed by atoms with Crippen LogP contribution >= 0.6 is 0 Å². The van der Waals surface area contributed by atoms with Crippen molar-refractivity contribution in [2.45, 2.75) is 73.1 Å². The van der Waals surface area contributed by atoms with Gasteiger partial charge in [0.15, 0.2) is 0 Å². The molecular weight excluding hydrogens is 374 g/mol. The number of rotatable bonds is 1. The van der Waals surface area contributed by atoms with Crippen molar-refractivity contribution in [3.63, 3.8) is 0 Å². The molecule has 160 valence electrons. The summed E-state index contributed by atoms with van der Waals surface area (Å²) in [5.74, 6) is 5.51. The number of Topliss-reactive ketones (excluding diaryl/α,β-unsaturated/α-hetero) is 2. The normalized spacial score (nSPS) is 19.6. The van der Waals surface area contributed by atoms with Crippen molar-refractivity contribution >= 4 is 17.5 Å². The van der Waals surface area contributed by atoms with Crippen LogP contribution in [-0.2, 0) is 14.4 Å². The number of ketones is 2. The van der Waals surface area contributed by atoms with Gasteiger partial charge in [0.2, 0.25) is 5.91 Å². The van der Waals surface area contributed by atoms with Crippen LogP contribution < -0.4 is 0 Å². The summed E-state index contributed by atoms with van der Waals surface area (Å²) in [6.45, 7) is 12.8. The van der Waals surface area contributed by atoms with Crippen LogP contribution in [0.15, 0.2) is 12.1 Å². The number of likely N-dealkylation sites (tertiary alicyclic amines) is 1. The molecule has 1 aromatic carbocycles. The minimum absolute atomic E-state index is 0.0300. The van der Waals surface area contributed by atoms with E-state index in [4.69, 9.17) is 0 Å². The lowest BCUT2D eigenvalue weighted by molar-refractivity contribution is -0.144. The molecule has 2 aliphatic rings. The molecule has 0 aromatic heterocycles. The zero-order valence-corrected chi connectivity index (χ0v) is 19.1. The number of hydrogen-bond acceptors (Lipinski definition) is 3. The van der Waals surface area contributed by atoms with Gasteiger partial charge in [0.1, 0.15) is 17.5 Å². The smallest absolute Gasteiger partial charge is 0.227 e. The molecule has 1 aliphatic carbocycles. The molecule has 0 atom stereocenters. The minimum Gasteiger partial charge on any atom is -0.342 e. The SMILES string of the molecule is CC#Cc1cc(C)c(C2C(=O)CC3(CCN(C(=O)C(C)(C)C)CC3)CC2=O)c(C)c1. The fourth-order valence-corrected chi connectivity index (χ4v) is 5.17. The highest BCUT2D eigenvalue weighted by Crippen LogP contribution is 2.47. The number of aryl methyl sites for hydroxylation is 2. The lowest BCUT2D eigenvalue weighted by Gasteiger charge is -2.45. The highest BCUT2D eigenvalue weighted by atomic mass is 16.2. The Kier molecular flexibility index (Phi) is 5.96. The number of benzene rings is 1. The maximum Gasteiger partial charge on any atom is 0.227 e. The molecule has 1 aromatic rings. The Morgan fingerprint density at radius 1 is 1.03 bits per heavy atom. The number of hydrogen-bond donors (Lipinski definition) is 0. The van der Waals surface area contributed by atoms with Crippen molar-refractivity contribution in [1.29, 1.82) is 0 Å². The number of amides is 1. The van der Waals surface area contributed by atoms with E-state index in [0.717, 1.165) is 35.1 Å². The molecule has 1 saturated carbocycles. The summed E-state index contributed by atoms with van der Waals surface area (Å²) in [6, 6.07) is 3.95. The van der Waals surface area contributed by atoms with Gasteiger partial charge in [-0.05, 0) is 67.9 Å². The molecule has 1 aliphatic heterocycles. The van der Waals surface area contributed by atoms with Crippen molar-refractivity contribution in [3.8, 4) is 11.8 Å². The van der Waals surface area contributed by atoms with E-state index >= 15 is 0 Å². The number of nitrogens with zero attached hydrogens (tertiary/aromatic N) is 1. The number of carbonyl (C=O) groups is 3. The molecule has 4 heteroatoms. The third-order valence-corrected chi connectivity index (χ3v) is 6.65. The summed E-state index contributed by atoms with van der Waals surface area (Å²) in [4.78, 5) is 41.0. The Balaban J connectivity index is 1.79. The monoisotopic (exact) mass is 407 g/mol. The first-order chi connectivity index (χ1) is 14.0. The molecule has 0 radical (unpaired) electrons. The van der Waals surface area contributed by atoms with Crippen LogP contribution in [0, 0.1) is 36.5 Å². The lowest BCUT2D eigenvalue weighted by Crippen LogP contribution is -2.50. The topological polar surface area (TPSA) is 54.5 Å². The zero-order valence-electron chi connectivity index (χ0n) is 19.1. The van der Waals surface area contributed by atoms with Crippen LogP contribution in [0.1, 0.15) is 81.5 Å². The Morgan fingerprint density at radius 2 is 1.53 bits per heavy atom. The van der Waals surface area contributed by atoms with Crippen molar-refractivity contribution in [3.05, 3.63) is 34.4 Å². The van der Waals surface area contributed by atoms with Crippen molar-refractivity contribution in [2.24, 2.45) is 10.8 Å². The van der Waals surface area contributed by atoms with E-state index in [0.29, 0.717) is 25.9 Å². The van der Waals surface area contributed by atoms with Crippen LogP contribution in [0.25, 0.3) is 0 Å². The van der Waals surface area contributed by atoms with Crippen LogP contribution in [0.2, 0.25) is 0 Å². The standard InChI is InChI=1S/C26H33NO3/c1-7-8-19-13-17(2)22(18(3)14-19)23-20(28)15-26(16-21(23)29)9-11-27(12-10-26)24(30)25(4,5)6/h13-14,23H,9-12,15-16H2,1-6H3. The minimum atomic E-state index is -0.659. The molecule has 0 bridgehead atoms. The Labute approximate surface area is 180 Å². The Morgan fingerprint density at radius 3 is 1.97 bits per heavy atom. The number of piperidine rings is 1. The van der Waals surface area contributed by atoms with Gasteiger partial charge in [0.25, 0.3) is 0 Å².